The van der Waals surface area contributed by atoms with Crippen molar-refractivity contribution in [3.63, 3.8) is 0 Å². The van der Waals surface area contributed by atoms with Crippen molar-refractivity contribution in [3.05, 3.63) is 22.7 Å². The van der Waals surface area contributed by atoms with Crippen molar-refractivity contribution in [2.24, 2.45) is 17.4 Å². The highest BCUT2D eigenvalue weighted by Gasteiger charge is 2.12. The number of ether oxygens (including phenoxy) is 2. The molecule has 1 aromatic rings. The standard InChI is InChI=1S/C15H25ClN2O2/c1-3-19-14-7-12(6-5-11(9-17)10-18)13(16)8-15(14)20-4-2/h7-8,11H,3-6,9-10,17-18H2,1-2H3. The van der Waals surface area contributed by atoms with Crippen LogP contribution >= 0.6 is 11.6 Å². The van der Waals surface area contributed by atoms with Gasteiger partial charge in [0.15, 0.2) is 11.5 Å². The Hall–Kier alpha value is -0.970. The molecular formula is C15H25ClN2O2. The topological polar surface area (TPSA) is 70.5 Å². The third-order valence-corrected chi connectivity index (χ3v) is 3.55. The molecule has 0 bridgehead atoms. The number of benzene rings is 1. The van der Waals surface area contributed by atoms with Crippen LogP contribution in [0.4, 0.5) is 0 Å². The zero-order valence-electron chi connectivity index (χ0n) is 12.3. The van der Waals surface area contributed by atoms with E-state index in [2.05, 4.69) is 0 Å². The number of halogens is 1. The number of nitrogens with two attached hydrogens (primary N) is 2. The zero-order chi connectivity index (χ0) is 15.0. The molecule has 0 heterocycles. The summed E-state index contributed by atoms with van der Waals surface area (Å²) in [6, 6.07) is 3.78. The Morgan fingerprint density at radius 3 is 2.10 bits per heavy atom. The van der Waals surface area contributed by atoms with Crippen molar-refractivity contribution >= 4 is 11.6 Å². The summed E-state index contributed by atoms with van der Waals surface area (Å²) in [7, 11) is 0. The second kappa shape index (κ2) is 9.06. The van der Waals surface area contributed by atoms with Crippen LogP contribution in [0.5, 0.6) is 11.5 Å². The molecule has 0 amide bonds. The lowest BCUT2D eigenvalue weighted by Gasteiger charge is -2.16. The minimum Gasteiger partial charge on any atom is -0.490 e. The van der Waals surface area contributed by atoms with Crippen LogP contribution in [0.2, 0.25) is 5.02 Å². The maximum absolute atomic E-state index is 6.31. The van der Waals surface area contributed by atoms with Gasteiger partial charge in [-0.15, -0.1) is 0 Å². The maximum Gasteiger partial charge on any atom is 0.162 e. The van der Waals surface area contributed by atoms with Crippen LogP contribution < -0.4 is 20.9 Å². The summed E-state index contributed by atoms with van der Waals surface area (Å²) >= 11 is 6.31. The summed E-state index contributed by atoms with van der Waals surface area (Å²) in [4.78, 5) is 0. The van der Waals surface area contributed by atoms with E-state index in [1.54, 1.807) is 0 Å². The molecule has 0 radical (unpaired) electrons. The van der Waals surface area contributed by atoms with Crippen LogP contribution in [0.25, 0.3) is 0 Å². The quantitative estimate of drug-likeness (QED) is 0.735. The molecule has 0 unspecified atom stereocenters. The van der Waals surface area contributed by atoms with E-state index in [1.165, 1.54) is 0 Å². The Labute approximate surface area is 126 Å². The SMILES string of the molecule is CCOc1cc(Cl)c(CCC(CN)CN)cc1OCC. The Balaban J connectivity index is 2.87. The largest absolute Gasteiger partial charge is 0.490 e. The van der Waals surface area contributed by atoms with E-state index in [9.17, 15) is 0 Å². The third-order valence-electron chi connectivity index (χ3n) is 3.20. The lowest BCUT2D eigenvalue weighted by atomic mass is 9.99. The van der Waals surface area contributed by atoms with E-state index in [1.807, 2.05) is 26.0 Å². The molecule has 0 aliphatic carbocycles. The van der Waals surface area contributed by atoms with Gasteiger partial charge in [0.05, 0.1) is 13.2 Å². The molecule has 0 fully saturated rings. The molecule has 5 heteroatoms. The second-order valence-corrected chi connectivity index (χ2v) is 5.04. The number of hydrogen-bond donors (Lipinski definition) is 2. The van der Waals surface area contributed by atoms with Crippen LogP contribution in [0.1, 0.15) is 25.8 Å². The first-order chi connectivity index (χ1) is 9.65. The molecular weight excluding hydrogens is 276 g/mol. The van der Waals surface area contributed by atoms with Crippen LogP contribution in [-0.4, -0.2) is 26.3 Å². The van der Waals surface area contributed by atoms with Gasteiger partial charge in [0, 0.05) is 11.1 Å². The van der Waals surface area contributed by atoms with Crippen LogP contribution in [0, 0.1) is 5.92 Å². The minimum atomic E-state index is 0.327. The molecule has 0 atom stereocenters. The van der Waals surface area contributed by atoms with Crippen molar-refractivity contribution in [3.8, 4) is 11.5 Å². The van der Waals surface area contributed by atoms with Crippen molar-refractivity contribution in [1.82, 2.24) is 0 Å². The zero-order valence-corrected chi connectivity index (χ0v) is 13.1. The predicted octanol–water partition coefficient (Wildman–Crippen LogP) is 2.60. The van der Waals surface area contributed by atoms with Crippen LogP contribution in [-0.2, 0) is 6.42 Å². The van der Waals surface area contributed by atoms with Gasteiger partial charge >= 0.3 is 0 Å². The van der Waals surface area contributed by atoms with Gasteiger partial charge < -0.3 is 20.9 Å². The van der Waals surface area contributed by atoms with Gasteiger partial charge in [0.25, 0.3) is 0 Å². The molecule has 0 aliphatic rings. The highest BCUT2D eigenvalue weighted by atomic mass is 35.5. The fraction of sp³-hybridized carbons (Fsp3) is 0.600. The summed E-state index contributed by atoms with van der Waals surface area (Å²) in [5.41, 5.74) is 12.4. The van der Waals surface area contributed by atoms with Crippen molar-refractivity contribution < 1.29 is 9.47 Å². The van der Waals surface area contributed by atoms with Gasteiger partial charge in [0.2, 0.25) is 0 Å². The Morgan fingerprint density at radius 1 is 1.05 bits per heavy atom. The number of hydrogen-bond acceptors (Lipinski definition) is 4. The first-order valence-corrected chi connectivity index (χ1v) is 7.52. The summed E-state index contributed by atoms with van der Waals surface area (Å²) in [5.74, 6) is 1.76. The lowest BCUT2D eigenvalue weighted by molar-refractivity contribution is 0.287. The van der Waals surface area contributed by atoms with Crippen molar-refractivity contribution in [2.45, 2.75) is 26.7 Å². The maximum atomic E-state index is 6.31. The van der Waals surface area contributed by atoms with Crippen molar-refractivity contribution in [2.75, 3.05) is 26.3 Å². The third kappa shape index (κ3) is 4.85. The number of rotatable bonds is 9. The fourth-order valence-corrected chi connectivity index (χ4v) is 2.25. The van der Waals surface area contributed by atoms with E-state index in [0.29, 0.717) is 43.0 Å². The summed E-state index contributed by atoms with van der Waals surface area (Å²) < 4.78 is 11.2. The molecule has 0 aliphatic heterocycles. The second-order valence-electron chi connectivity index (χ2n) is 4.63. The van der Waals surface area contributed by atoms with E-state index >= 15 is 0 Å². The van der Waals surface area contributed by atoms with E-state index in [-0.39, 0.29) is 0 Å². The Morgan fingerprint density at radius 2 is 1.60 bits per heavy atom. The molecule has 4 N–H and O–H groups in total. The molecule has 0 saturated heterocycles. The molecule has 114 valence electrons. The van der Waals surface area contributed by atoms with E-state index < -0.39 is 0 Å². The van der Waals surface area contributed by atoms with Gasteiger partial charge in [-0.3, -0.25) is 0 Å². The molecule has 4 nitrogen and oxygen atoms in total. The average molecular weight is 301 g/mol. The molecule has 0 spiro atoms. The monoisotopic (exact) mass is 300 g/mol. The summed E-state index contributed by atoms with van der Waals surface area (Å²) in [6.07, 6.45) is 1.76. The molecule has 0 saturated carbocycles. The fourth-order valence-electron chi connectivity index (χ4n) is 2.00. The van der Waals surface area contributed by atoms with Gasteiger partial charge in [0.1, 0.15) is 0 Å². The first kappa shape index (κ1) is 17.1. The highest BCUT2D eigenvalue weighted by Crippen LogP contribution is 2.34. The number of aryl methyl sites for hydroxylation is 1. The van der Waals surface area contributed by atoms with E-state index in [4.69, 9.17) is 32.5 Å². The van der Waals surface area contributed by atoms with Gasteiger partial charge in [-0.2, -0.15) is 0 Å². The van der Waals surface area contributed by atoms with Gasteiger partial charge in [-0.05, 0) is 57.3 Å². The van der Waals surface area contributed by atoms with Crippen LogP contribution in [0.3, 0.4) is 0 Å². The molecule has 1 rings (SSSR count). The lowest BCUT2D eigenvalue weighted by Crippen LogP contribution is -2.23. The smallest absolute Gasteiger partial charge is 0.162 e. The molecule has 0 aromatic heterocycles. The van der Waals surface area contributed by atoms with Gasteiger partial charge in [-0.1, -0.05) is 11.6 Å². The Kier molecular flexibility index (Phi) is 7.73. The summed E-state index contributed by atoms with van der Waals surface area (Å²) in [5, 5.41) is 0.699. The highest BCUT2D eigenvalue weighted by molar-refractivity contribution is 6.31. The first-order valence-electron chi connectivity index (χ1n) is 7.14. The summed E-state index contributed by atoms with van der Waals surface area (Å²) in [6.45, 7) is 6.26. The van der Waals surface area contributed by atoms with Crippen molar-refractivity contribution in [1.29, 1.82) is 0 Å². The minimum absolute atomic E-state index is 0.327. The molecule has 1 aromatic carbocycles. The van der Waals surface area contributed by atoms with Gasteiger partial charge in [-0.25, -0.2) is 0 Å². The predicted molar refractivity (Wildman–Crippen MR) is 83.7 cm³/mol. The van der Waals surface area contributed by atoms with Crippen LogP contribution in [0.15, 0.2) is 12.1 Å². The molecule has 20 heavy (non-hydrogen) atoms. The van der Waals surface area contributed by atoms with E-state index in [0.717, 1.165) is 24.2 Å². The normalized spacial score (nSPS) is 10.9. The average Bonchev–Trinajstić information content (AvgIpc) is 2.44. The Bertz CT molecular complexity index is 409.